The van der Waals surface area contributed by atoms with E-state index in [2.05, 4.69) is 41.5 Å². The predicted molar refractivity (Wildman–Crippen MR) is 88.5 cm³/mol. The van der Waals surface area contributed by atoms with Gasteiger partial charge in [0, 0.05) is 0 Å². The van der Waals surface area contributed by atoms with E-state index in [0.717, 1.165) is 19.3 Å². The molecule has 0 saturated heterocycles. The smallest absolute Gasteiger partial charge is 0.343 e. The molecule has 0 saturated carbocycles. The van der Waals surface area contributed by atoms with Crippen LogP contribution in [0.2, 0.25) is 0 Å². The molecule has 0 aliphatic heterocycles. The summed E-state index contributed by atoms with van der Waals surface area (Å²) in [5.41, 5.74) is 0. The molecule has 0 aromatic heterocycles. The second-order valence-corrected chi connectivity index (χ2v) is 4.68. The fraction of sp³-hybridized carbons (Fsp3) is 0.833. The molecule has 0 amide bonds. The zero-order valence-corrected chi connectivity index (χ0v) is 17.0. The van der Waals surface area contributed by atoms with Gasteiger partial charge < -0.3 is 20.8 Å². The summed E-state index contributed by atoms with van der Waals surface area (Å²) < 4.78 is 0. The second-order valence-electron chi connectivity index (χ2n) is 4.68. The quantitative estimate of drug-likeness (QED) is 0.306. The molecule has 0 aromatic rings. The Hall–Kier alpha value is 1.10. The summed E-state index contributed by atoms with van der Waals surface area (Å²) in [5.74, 6) is 0. The standard InChI is InChI=1S/3C6H13.Y/c3*1-3-5-6-4-2;/h3*1,3-6H2,2H3;/q3*-1;+3. The van der Waals surface area contributed by atoms with Gasteiger partial charge in [-0.2, -0.15) is 19.3 Å². The van der Waals surface area contributed by atoms with Gasteiger partial charge >= 0.3 is 32.7 Å². The maximum atomic E-state index is 3.72. The molecule has 0 nitrogen and oxygen atoms in total. The van der Waals surface area contributed by atoms with Crippen molar-refractivity contribution >= 4 is 0 Å². The Morgan fingerprint density at radius 3 is 0.737 bits per heavy atom. The summed E-state index contributed by atoms with van der Waals surface area (Å²) in [4.78, 5) is 0. The van der Waals surface area contributed by atoms with Crippen LogP contribution in [0.4, 0.5) is 0 Å². The summed E-state index contributed by atoms with van der Waals surface area (Å²) >= 11 is 0. The van der Waals surface area contributed by atoms with Crippen LogP contribution in [0.5, 0.6) is 0 Å². The molecular formula is C18H39Y. The molecule has 0 unspecified atom stereocenters. The fourth-order valence-electron chi connectivity index (χ4n) is 1.28. The van der Waals surface area contributed by atoms with Crippen LogP contribution in [-0.4, -0.2) is 0 Å². The van der Waals surface area contributed by atoms with Gasteiger partial charge in [0.1, 0.15) is 0 Å². The Morgan fingerprint density at radius 1 is 0.474 bits per heavy atom. The van der Waals surface area contributed by atoms with Crippen LogP contribution < -0.4 is 0 Å². The normalized spacial score (nSPS) is 8.53. The average Bonchev–Trinajstić information content (AvgIpc) is 2.42. The van der Waals surface area contributed by atoms with Crippen molar-refractivity contribution in [3.05, 3.63) is 20.8 Å². The summed E-state index contributed by atoms with van der Waals surface area (Å²) in [7, 11) is 0. The van der Waals surface area contributed by atoms with Gasteiger partial charge in [-0.3, -0.25) is 0 Å². The SMILES string of the molecule is [CH2-]CCCCC.[CH2-]CCCCC.[CH2-]CCCCC.[Y+3]. The van der Waals surface area contributed by atoms with Gasteiger partial charge in [0.2, 0.25) is 0 Å². The number of hydrogen-bond donors (Lipinski definition) is 0. The van der Waals surface area contributed by atoms with Crippen LogP contribution in [0, 0.1) is 20.8 Å². The zero-order valence-electron chi connectivity index (χ0n) is 14.2. The van der Waals surface area contributed by atoms with E-state index >= 15 is 0 Å². The molecule has 0 aliphatic rings. The monoisotopic (exact) mass is 344 g/mol. The number of unbranched alkanes of at least 4 members (excludes halogenated alkanes) is 9. The van der Waals surface area contributed by atoms with Crippen LogP contribution >= 0.6 is 0 Å². The molecule has 0 aromatic carbocycles. The van der Waals surface area contributed by atoms with Gasteiger partial charge in [0.05, 0.1) is 0 Å². The predicted octanol–water partition coefficient (Wildman–Crippen LogP) is 7.20. The topological polar surface area (TPSA) is 0 Å². The molecule has 0 rings (SSSR count). The van der Waals surface area contributed by atoms with E-state index in [-0.39, 0.29) is 32.7 Å². The van der Waals surface area contributed by atoms with Crippen LogP contribution in [0.15, 0.2) is 0 Å². The Balaban J connectivity index is -0.0000000865. The summed E-state index contributed by atoms with van der Waals surface area (Å²) in [6.45, 7) is 17.8. The number of rotatable bonds is 9. The van der Waals surface area contributed by atoms with E-state index in [4.69, 9.17) is 0 Å². The minimum absolute atomic E-state index is 0. The van der Waals surface area contributed by atoms with Gasteiger partial charge in [0.15, 0.2) is 0 Å². The first-order chi connectivity index (χ1) is 8.74. The van der Waals surface area contributed by atoms with E-state index in [1.807, 2.05) is 0 Å². The number of hydrogen-bond acceptors (Lipinski definition) is 0. The third kappa shape index (κ3) is 54.7. The van der Waals surface area contributed by atoms with Gasteiger partial charge in [-0.15, -0.1) is 0 Å². The van der Waals surface area contributed by atoms with E-state index in [9.17, 15) is 0 Å². The van der Waals surface area contributed by atoms with Gasteiger partial charge in [0.25, 0.3) is 0 Å². The molecule has 0 heterocycles. The van der Waals surface area contributed by atoms with Crippen LogP contribution in [0.3, 0.4) is 0 Å². The van der Waals surface area contributed by atoms with Crippen molar-refractivity contribution in [2.24, 2.45) is 0 Å². The van der Waals surface area contributed by atoms with Crippen molar-refractivity contribution in [3.8, 4) is 0 Å². The molecular weight excluding hydrogens is 305 g/mol. The fourth-order valence-corrected chi connectivity index (χ4v) is 1.28. The maximum Gasteiger partial charge on any atom is 3.00 e. The summed E-state index contributed by atoms with van der Waals surface area (Å²) in [6.07, 6.45) is 15.2. The van der Waals surface area contributed by atoms with Crippen molar-refractivity contribution in [1.29, 1.82) is 0 Å². The van der Waals surface area contributed by atoms with Crippen LogP contribution in [0.25, 0.3) is 0 Å². The van der Waals surface area contributed by atoms with Gasteiger partial charge in [-0.1, -0.05) is 78.6 Å². The first kappa shape index (κ1) is 28.3. The molecule has 0 spiro atoms. The van der Waals surface area contributed by atoms with E-state index in [0.29, 0.717) is 0 Å². The third-order valence-corrected chi connectivity index (χ3v) is 2.56. The first-order valence-electron chi connectivity index (χ1n) is 8.12. The van der Waals surface area contributed by atoms with Crippen molar-refractivity contribution in [2.45, 2.75) is 97.8 Å². The van der Waals surface area contributed by atoms with Gasteiger partial charge in [-0.05, 0) is 0 Å². The van der Waals surface area contributed by atoms with Crippen molar-refractivity contribution in [3.63, 3.8) is 0 Å². The summed E-state index contributed by atoms with van der Waals surface area (Å²) in [5, 5.41) is 0. The van der Waals surface area contributed by atoms with E-state index < -0.39 is 0 Å². The maximum absolute atomic E-state index is 3.72. The summed E-state index contributed by atoms with van der Waals surface area (Å²) in [6, 6.07) is 0. The minimum Gasteiger partial charge on any atom is -0.343 e. The molecule has 1 heteroatoms. The van der Waals surface area contributed by atoms with Gasteiger partial charge in [-0.25, -0.2) is 0 Å². The van der Waals surface area contributed by atoms with Crippen LogP contribution in [-0.2, 0) is 32.7 Å². The average molecular weight is 344 g/mol. The van der Waals surface area contributed by atoms with Crippen molar-refractivity contribution < 1.29 is 32.7 Å². The Kier molecular flexibility index (Phi) is 54.3. The molecule has 0 bridgehead atoms. The van der Waals surface area contributed by atoms with E-state index in [1.165, 1.54) is 57.8 Å². The Labute approximate surface area is 150 Å². The zero-order chi connectivity index (χ0) is 14.5. The molecule has 19 heavy (non-hydrogen) atoms. The molecule has 0 aliphatic carbocycles. The van der Waals surface area contributed by atoms with Crippen molar-refractivity contribution in [2.75, 3.05) is 0 Å². The Bertz CT molecular complexity index is 60.7. The Morgan fingerprint density at radius 2 is 0.684 bits per heavy atom. The van der Waals surface area contributed by atoms with Crippen molar-refractivity contribution in [1.82, 2.24) is 0 Å². The molecule has 0 N–H and O–H groups in total. The largest absolute Gasteiger partial charge is 3.00 e. The third-order valence-electron chi connectivity index (χ3n) is 2.56. The molecule has 0 fully saturated rings. The minimum atomic E-state index is 0. The molecule has 0 atom stereocenters. The molecule has 0 radical (unpaired) electrons. The second kappa shape index (κ2) is 36.5. The first-order valence-corrected chi connectivity index (χ1v) is 8.12. The van der Waals surface area contributed by atoms with E-state index in [1.54, 1.807) is 0 Å². The van der Waals surface area contributed by atoms with Crippen LogP contribution in [0.1, 0.15) is 97.8 Å². The molecule has 114 valence electrons.